The van der Waals surface area contributed by atoms with Crippen molar-refractivity contribution in [2.24, 2.45) is 11.7 Å². The fourth-order valence-corrected chi connectivity index (χ4v) is 2.72. The van der Waals surface area contributed by atoms with Gasteiger partial charge in [-0.2, -0.15) is 13.2 Å². The van der Waals surface area contributed by atoms with Gasteiger partial charge < -0.3 is 15.8 Å². The summed E-state index contributed by atoms with van der Waals surface area (Å²) < 4.78 is 44.9. The molecule has 2 unspecified atom stereocenters. The van der Waals surface area contributed by atoms with Crippen LogP contribution in [0.2, 0.25) is 0 Å². The number of benzene rings is 1. The number of carbonyl (C=O) groups excluding carboxylic acids is 3. The van der Waals surface area contributed by atoms with Crippen molar-refractivity contribution in [3.05, 3.63) is 47.2 Å². The van der Waals surface area contributed by atoms with Gasteiger partial charge in [0.2, 0.25) is 11.8 Å². The molecule has 1 aromatic carbocycles. The monoisotopic (exact) mass is 356 g/mol. The van der Waals surface area contributed by atoms with Gasteiger partial charge in [0.15, 0.2) is 0 Å². The highest BCUT2D eigenvalue weighted by molar-refractivity contribution is 6.06. The predicted octanol–water partition coefficient (Wildman–Crippen LogP) is 1.38. The summed E-state index contributed by atoms with van der Waals surface area (Å²) in [4.78, 5) is 36.1. The number of halogens is 3. The van der Waals surface area contributed by atoms with Crippen LogP contribution in [0.25, 0.3) is 0 Å². The number of alkyl halides is 3. The summed E-state index contributed by atoms with van der Waals surface area (Å²) in [5.41, 5.74) is 3.01. The second-order valence-corrected chi connectivity index (χ2v) is 5.26. The number of hydrogen-bond donors (Lipinski definition) is 2. The molecule has 0 aliphatic carbocycles. The molecule has 1 heterocycles. The van der Waals surface area contributed by atoms with Gasteiger partial charge >= 0.3 is 12.1 Å². The van der Waals surface area contributed by atoms with Crippen LogP contribution in [0.1, 0.15) is 18.4 Å². The summed E-state index contributed by atoms with van der Waals surface area (Å²) in [6.45, 7) is 1.25. The van der Waals surface area contributed by atoms with E-state index in [4.69, 9.17) is 10.5 Å². The van der Waals surface area contributed by atoms with Crippen LogP contribution in [0.5, 0.6) is 0 Å². The molecule has 0 aromatic heterocycles. The molecule has 2 rings (SSSR count). The van der Waals surface area contributed by atoms with Crippen molar-refractivity contribution < 1.29 is 32.3 Å². The van der Waals surface area contributed by atoms with E-state index in [9.17, 15) is 27.6 Å². The second kappa shape index (κ2) is 6.96. The van der Waals surface area contributed by atoms with Crippen molar-refractivity contribution in [1.82, 2.24) is 5.32 Å². The number of esters is 1. The van der Waals surface area contributed by atoms with Crippen molar-refractivity contribution >= 4 is 17.8 Å². The number of carbonyl (C=O) groups is 3. The maximum absolute atomic E-state index is 13.4. The summed E-state index contributed by atoms with van der Waals surface area (Å²) in [6.07, 6.45) is -5.02. The predicted molar refractivity (Wildman–Crippen MR) is 79.7 cm³/mol. The average molecular weight is 356 g/mol. The molecule has 2 atom stereocenters. The maximum Gasteiger partial charge on any atom is 0.431 e. The van der Waals surface area contributed by atoms with E-state index >= 15 is 0 Å². The number of allylic oxidation sites excluding steroid dienone is 1. The topological polar surface area (TPSA) is 98.5 Å². The lowest BCUT2D eigenvalue weighted by atomic mass is 9.76. The van der Waals surface area contributed by atoms with Crippen molar-refractivity contribution in [3.63, 3.8) is 0 Å². The molecule has 134 valence electrons. The Morgan fingerprint density at radius 3 is 2.32 bits per heavy atom. The number of rotatable bonds is 4. The molecule has 1 aliphatic heterocycles. The maximum atomic E-state index is 13.4. The lowest BCUT2D eigenvalue weighted by Crippen LogP contribution is -2.50. The molecule has 0 bridgehead atoms. The Bertz CT molecular complexity index is 729. The first-order chi connectivity index (χ1) is 11.7. The van der Waals surface area contributed by atoms with Crippen molar-refractivity contribution in [3.8, 4) is 0 Å². The van der Waals surface area contributed by atoms with Crippen LogP contribution in [0.15, 0.2) is 41.6 Å². The van der Waals surface area contributed by atoms with Crippen molar-refractivity contribution in [2.75, 3.05) is 6.61 Å². The molecule has 3 N–H and O–H groups in total. The molecular formula is C16H15F3N2O4. The average Bonchev–Trinajstić information content (AvgIpc) is 2.53. The van der Waals surface area contributed by atoms with Gasteiger partial charge in [0.1, 0.15) is 11.6 Å². The Morgan fingerprint density at radius 2 is 1.84 bits per heavy atom. The van der Waals surface area contributed by atoms with Gasteiger partial charge in [0, 0.05) is 5.92 Å². The molecule has 0 saturated heterocycles. The van der Waals surface area contributed by atoms with E-state index in [2.05, 4.69) is 0 Å². The molecule has 1 aromatic rings. The second-order valence-electron chi connectivity index (χ2n) is 5.26. The van der Waals surface area contributed by atoms with Crippen LogP contribution in [0, 0.1) is 5.92 Å². The number of ether oxygens (including phenoxy) is 1. The normalized spacial score (nSPS) is 20.9. The van der Waals surface area contributed by atoms with E-state index < -0.39 is 47.1 Å². The first-order valence-electron chi connectivity index (χ1n) is 7.32. The van der Waals surface area contributed by atoms with Crippen molar-refractivity contribution in [1.29, 1.82) is 0 Å². The van der Waals surface area contributed by atoms with Gasteiger partial charge in [-0.15, -0.1) is 0 Å². The fraction of sp³-hybridized carbons (Fsp3) is 0.312. The number of amides is 2. The molecule has 6 nitrogen and oxygen atoms in total. The molecule has 0 spiro atoms. The molecule has 25 heavy (non-hydrogen) atoms. The SMILES string of the molecule is CCOC(=O)C1=C(C(F)(F)F)NC(=O)C(C(N)=O)C1c1ccccc1. The van der Waals surface area contributed by atoms with Crippen LogP contribution in [0.4, 0.5) is 13.2 Å². The highest BCUT2D eigenvalue weighted by atomic mass is 19.4. The minimum atomic E-state index is -5.02. The third kappa shape index (κ3) is 3.65. The minimum Gasteiger partial charge on any atom is -0.463 e. The van der Waals surface area contributed by atoms with Gasteiger partial charge in [-0.1, -0.05) is 30.3 Å². The summed E-state index contributed by atoms with van der Waals surface area (Å²) in [5.74, 6) is -6.80. The van der Waals surface area contributed by atoms with Gasteiger partial charge in [0.25, 0.3) is 0 Å². The minimum absolute atomic E-state index is 0.172. The summed E-state index contributed by atoms with van der Waals surface area (Å²) in [5, 5.41) is 1.59. The van der Waals surface area contributed by atoms with Gasteiger partial charge in [-0.3, -0.25) is 9.59 Å². The van der Waals surface area contributed by atoms with E-state index in [1.165, 1.54) is 31.2 Å². The Balaban J connectivity index is 2.76. The Labute approximate surface area is 140 Å². The molecular weight excluding hydrogens is 341 g/mol. The molecule has 0 saturated carbocycles. The molecule has 0 radical (unpaired) electrons. The molecule has 0 fully saturated rings. The van der Waals surface area contributed by atoms with E-state index in [1.54, 1.807) is 11.4 Å². The zero-order chi connectivity index (χ0) is 18.8. The third-order valence-corrected chi connectivity index (χ3v) is 3.69. The van der Waals surface area contributed by atoms with E-state index in [0.29, 0.717) is 0 Å². The zero-order valence-corrected chi connectivity index (χ0v) is 13.1. The molecule has 9 heteroatoms. The van der Waals surface area contributed by atoms with Gasteiger partial charge in [-0.25, -0.2) is 4.79 Å². The Morgan fingerprint density at radius 1 is 1.24 bits per heavy atom. The van der Waals surface area contributed by atoms with Gasteiger partial charge in [0.05, 0.1) is 12.2 Å². The first kappa shape index (κ1) is 18.5. The number of nitrogens with two attached hydrogens (primary N) is 1. The van der Waals surface area contributed by atoms with Crippen LogP contribution >= 0.6 is 0 Å². The molecule has 2 amide bonds. The summed E-state index contributed by atoms with van der Waals surface area (Å²) >= 11 is 0. The van der Waals surface area contributed by atoms with E-state index in [-0.39, 0.29) is 12.2 Å². The highest BCUT2D eigenvalue weighted by Crippen LogP contribution is 2.41. The van der Waals surface area contributed by atoms with Crippen molar-refractivity contribution in [2.45, 2.75) is 19.0 Å². The summed E-state index contributed by atoms with van der Waals surface area (Å²) in [7, 11) is 0. The van der Waals surface area contributed by atoms with Gasteiger partial charge in [-0.05, 0) is 12.5 Å². The molecule has 1 aliphatic rings. The highest BCUT2D eigenvalue weighted by Gasteiger charge is 2.51. The quantitative estimate of drug-likeness (QED) is 0.629. The number of primary amides is 1. The first-order valence-corrected chi connectivity index (χ1v) is 7.32. The zero-order valence-electron chi connectivity index (χ0n) is 13.1. The van der Waals surface area contributed by atoms with Crippen LogP contribution in [-0.2, 0) is 19.1 Å². The number of nitrogens with one attached hydrogen (secondary N) is 1. The van der Waals surface area contributed by atoms with Crippen LogP contribution in [0.3, 0.4) is 0 Å². The Hall–Kier alpha value is -2.84. The van der Waals surface area contributed by atoms with E-state index in [1.807, 2.05) is 0 Å². The lowest BCUT2D eigenvalue weighted by Gasteiger charge is -2.33. The largest absolute Gasteiger partial charge is 0.463 e. The third-order valence-electron chi connectivity index (χ3n) is 3.69. The van der Waals surface area contributed by atoms with E-state index in [0.717, 1.165) is 0 Å². The lowest BCUT2D eigenvalue weighted by molar-refractivity contribution is -0.144. The van der Waals surface area contributed by atoms with Crippen LogP contribution < -0.4 is 11.1 Å². The fourth-order valence-electron chi connectivity index (χ4n) is 2.72. The Kier molecular flexibility index (Phi) is 5.15. The van der Waals surface area contributed by atoms with Crippen LogP contribution in [-0.4, -0.2) is 30.6 Å². The summed E-state index contributed by atoms with van der Waals surface area (Å²) in [6, 6.07) is 7.44. The smallest absolute Gasteiger partial charge is 0.431 e. The number of hydrogen-bond acceptors (Lipinski definition) is 4. The standard InChI is InChI=1S/C16H15F3N2O4/c1-2-25-15(24)10-9(8-6-4-3-5-7-8)11(13(20)22)14(23)21-12(10)16(17,18)19/h3-7,9,11H,2H2,1H3,(H2,20,22)(H,21,23).